The van der Waals surface area contributed by atoms with Crippen LogP contribution >= 0.6 is 15.9 Å². The number of halogens is 1. The number of rotatable bonds is 2. The Bertz CT molecular complexity index is 654. The van der Waals surface area contributed by atoms with Crippen molar-refractivity contribution >= 4 is 27.5 Å². The first-order valence-corrected chi connectivity index (χ1v) is 8.49. The third kappa shape index (κ3) is 1.80. The van der Waals surface area contributed by atoms with E-state index in [1.54, 1.807) is 6.92 Å². The summed E-state index contributed by atoms with van der Waals surface area (Å²) in [6, 6.07) is 6.34. The van der Waals surface area contributed by atoms with Gasteiger partial charge in [0.15, 0.2) is 0 Å². The molecule has 0 N–H and O–H groups in total. The van der Waals surface area contributed by atoms with Gasteiger partial charge in [-0.25, -0.2) is 0 Å². The first-order chi connectivity index (χ1) is 10.3. The lowest BCUT2D eigenvalue weighted by Gasteiger charge is -2.45. The topological polar surface area (TPSA) is 23.6 Å². The minimum absolute atomic E-state index is 0.0577. The largest absolute Gasteiger partial charge is 0.295 e. The summed E-state index contributed by atoms with van der Waals surface area (Å²) in [5.74, 6) is 0.0971. The summed E-state index contributed by atoms with van der Waals surface area (Å²) in [5.41, 5.74) is 2.10. The molecule has 0 saturated carbocycles. The van der Waals surface area contributed by atoms with Gasteiger partial charge in [0.2, 0.25) is 5.91 Å². The van der Waals surface area contributed by atoms with Crippen LogP contribution in [0.15, 0.2) is 35.3 Å². The molecule has 3 nitrogen and oxygen atoms in total. The molecule has 2 aliphatic rings. The molecule has 0 aromatic heterocycles. The van der Waals surface area contributed by atoms with Gasteiger partial charge in [-0.2, -0.15) is 0 Å². The smallest absolute Gasteiger partial charge is 0.225 e. The van der Waals surface area contributed by atoms with Crippen LogP contribution in [0.3, 0.4) is 0 Å². The van der Waals surface area contributed by atoms with Crippen LogP contribution in [-0.4, -0.2) is 30.6 Å². The molecule has 22 heavy (non-hydrogen) atoms. The van der Waals surface area contributed by atoms with Gasteiger partial charge in [-0.05, 0) is 36.6 Å². The van der Waals surface area contributed by atoms with Gasteiger partial charge in [-0.15, -0.1) is 6.58 Å². The van der Waals surface area contributed by atoms with E-state index >= 15 is 0 Å². The maximum Gasteiger partial charge on any atom is 0.225 e. The molecule has 2 atom stereocenters. The van der Waals surface area contributed by atoms with Crippen LogP contribution in [0.25, 0.3) is 0 Å². The number of likely N-dealkylation sites (tertiary alicyclic amines) is 1. The van der Waals surface area contributed by atoms with Gasteiger partial charge in [0.1, 0.15) is 6.17 Å². The van der Waals surface area contributed by atoms with E-state index in [0.29, 0.717) is 0 Å². The minimum atomic E-state index is -0.106. The third-order valence-electron chi connectivity index (χ3n) is 5.66. The molecule has 1 amide bonds. The normalized spacial score (nSPS) is 27.7. The number of amides is 1. The van der Waals surface area contributed by atoms with Crippen LogP contribution < -0.4 is 4.90 Å². The van der Waals surface area contributed by atoms with Crippen LogP contribution in [0.5, 0.6) is 0 Å². The Morgan fingerprint density at radius 2 is 2.18 bits per heavy atom. The zero-order valence-electron chi connectivity index (χ0n) is 13.7. The van der Waals surface area contributed by atoms with Crippen LogP contribution in [-0.2, 0) is 10.2 Å². The van der Waals surface area contributed by atoms with Gasteiger partial charge in [0, 0.05) is 23.4 Å². The average Bonchev–Trinajstić information content (AvgIpc) is 2.93. The molecule has 2 heterocycles. The van der Waals surface area contributed by atoms with Crippen molar-refractivity contribution in [3.63, 3.8) is 0 Å². The van der Waals surface area contributed by atoms with Crippen molar-refractivity contribution in [1.29, 1.82) is 0 Å². The van der Waals surface area contributed by atoms with E-state index in [4.69, 9.17) is 0 Å². The Kier molecular flexibility index (Phi) is 3.53. The first-order valence-electron chi connectivity index (χ1n) is 7.70. The molecule has 1 aromatic rings. The second kappa shape index (κ2) is 4.93. The lowest BCUT2D eigenvalue weighted by Crippen LogP contribution is -2.55. The maximum absolute atomic E-state index is 12.4. The predicted molar refractivity (Wildman–Crippen MR) is 94.0 cm³/mol. The number of carbonyl (C=O) groups is 1. The third-order valence-corrected chi connectivity index (χ3v) is 6.15. The lowest BCUT2D eigenvalue weighted by atomic mass is 9.60. The first kappa shape index (κ1) is 15.8. The number of fused-ring (bicyclic) bond motifs is 3. The molecular weight excluding hydrogens is 340 g/mol. The van der Waals surface area contributed by atoms with Crippen molar-refractivity contribution in [2.75, 3.05) is 18.5 Å². The van der Waals surface area contributed by atoms with Gasteiger partial charge in [-0.1, -0.05) is 41.9 Å². The highest BCUT2D eigenvalue weighted by atomic mass is 79.9. The molecule has 0 aliphatic carbocycles. The Morgan fingerprint density at radius 1 is 1.50 bits per heavy atom. The van der Waals surface area contributed by atoms with Crippen LogP contribution in [0.4, 0.5) is 5.69 Å². The minimum Gasteiger partial charge on any atom is -0.295 e. The molecule has 1 fully saturated rings. The highest BCUT2D eigenvalue weighted by molar-refractivity contribution is 9.10. The lowest BCUT2D eigenvalue weighted by molar-refractivity contribution is -0.117. The maximum atomic E-state index is 12.4. The zero-order valence-corrected chi connectivity index (χ0v) is 15.3. The van der Waals surface area contributed by atoms with Gasteiger partial charge in [0.25, 0.3) is 0 Å². The molecule has 118 valence electrons. The van der Waals surface area contributed by atoms with Gasteiger partial charge in [-0.3, -0.25) is 14.6 Å². The highest BCUT2D eigenvalue weighted by Gasteiger charge is 2.62. The predicted octanol–water partition coefficient (Wildman–Crippen LogP) is 3.93. The molecule has 0 spiro atoms. The quantitative estimate of drug-likeness (QED) is 0.744. The van der Waals surface area contributed by atoms with Crippen LogP contribution in [0.2, 0.25) is 0 Å². The fourth-order valence-corrected chi connectivity index (χ4v) is 4.76. The van der Waals surface area contributed by atoms with Crippen molar-refractivity contribution in [3.05, 3.63) is 40.9 Å². The summed E-state index contributed by atoms with van der Waals surface area (Å²) < 4.78 is 1.01. The molecule has 0 radical (unpaired) electrons. The number of likely N-dealkylation sites (N-methyl/N-ethyl adjacent to an activating group) is 1. The molecule has 4 heteroatoms. The number of nitrogens with zero attached hydrogens (tertiary/aromatic N) is 2. The summed E-state index contributed by atoms with van der Waals surface area (Å²) in [6.07, 6.45) is 3.14. The van der Waals surface area contributed by atoms with Crippen molar-refractivity contribution in [2.24, 2.45) is 5.41 Å². The highest BCUT2D eigenvalue weighted by Crippen LogP contribution is 2.60. The van der Waals surface area contributed by atoms with Crippen LogP contribution in [0.1, 0.15) is 32.8 Å². The van der Waals surface area contributed by atoms with E-state index in [1.807, 2.05) is 4.90 Å². The second-order valence-electron chi connectivity index (χ2n) is 7.05. The van der Waals surface area contributed by atoms with E-state index in [1.165, 1.54) is 5.56 Å². The Balaban J connectivity index is 2.33. The van der Waals surface area contributed by atoms with E-state index in [2.05, 4.69) is 72.6 Å². The molecule has 1 aromatic carbocycles. The van der Waals surface area contributed by atoms with E-state index in [-0.39, 0.29) is 22.9 Å². The summed E-state index contributed by atoms with van der Waals surface area (Å²) in [6.45, 7) is 11.2. The summed E-state index contributed by atoms with van der Waals surface area (Å²) in [5, 5.41) is 0. The molecule has 3 rings (SSSR count). The van der Waals surface area contributed by atoms with Gasteiger partial charge >= 0.3 is 0 Å². The Morgan fingerprint density at radius 3 is 2.77 bits per heavy atom. The number of carbonyl (C=O) groups excluding carboxylic acids is 1. The average molecular weight is 363 g/mol. The Labute approximate surface area is 141 Å². The standard InChI is InChI=1S/C18H23BrN2O/c1-6-17(3,4)18-9-10-20(5)16(18)21(12(2)22)15-11-13(19)7-8-14(15)18/h6-8,11,16H,1,9-10H2,2-5H3. The van der Waals surface area contributed by atoms with Crippen molar-refractivity contribution in [2.45, 2.75) is 38.8 Å². The number of hydrogen-bond acceptors (Lipinski definition) is 2. The Hall–Kier alpha value is -1.13. The number of allylic oxidation sites excluding steroid dienone is 1. The zero-order chi connectivity index (χ0) is 16.3. The molecular formula is C18H23BrN2O. The van der Waals surface area contributed by atoms with Crippen molar-refractivity contribution in [3.8, 4) is 0 Å². The van der Waals surface area contributed by atoms with Crippen molar-refractivity contribution < 1.29 is 4.79 Å². The summed E-state index contributed by atoms with van der Waals surface area (Å²) in [4.78, 5) is 16.7. The number of anilines is 1. The number of benzene rings is 1. The van der Waals surface area contributed by atoms with Gasteiger partial charge in [0.05, 0.1) is 5.69 Å². The second-order valence-corrected chi connectivity index (χ2v) is 7.97. The van der Waals surface area contributed by atoms with Crippen molar-refractivity contribution in [1.82, 2.24) is 4.90 Å². The molecule has 2 unspecified atom stereocenters. The van der Waals surface area contributed by atoms with Crippen LogP contribution in [0, 0.1) is 5.41 Å². The van der Waals surface area contributed by atoms with Gasteiger partial charge < -0.3 is 0 Å². The van der Waals surface area contributed by atoms with E-state index in [9.17, 15) is 4.79 Å². The SMILES string of the molecule is C=CC(C)(C)C12CCN(C)C1N(C(C)=O)c1cc(Br)ccc12. The fraction of sp³-hybridized carbons (Fsp3) is 0.500. The molecule has 2 aliphatic heterocycles. The summed E-state index contributed by atoms with van der Waals surface area (Å²) in [7, 11) is 2.11. The fourth-order valence-electron chi connectivity index (χ4n) is 4.41. The van der Waals surface area contributed by atoms with E-state index < -0.39 is 0 Å². The van der Waals surface area contributed by atoms with E-state index in [0.717, 1.165) is 23.1 Å². The molecule has 1 saturated heterocycles. The monoisotopic (exact) mass is 362 g/mol. The number of hydrogen-bond donors (Lipinski definition) is 0. The molecule has 0 bridgehead atoms. The summed E-state index contributed by atoms with van der Waals surface area (Å²) >= 11 is 3.55.